The number of nitrogens with one attached hydrogen (secondary N) is 1. The lowest BCUT2D eigenvalue weighted by molar-refractivity contribution is -0.120. The lowest BCUT2D eigenvalue weighted by atomic mass is 10.2. The Morgan fingerprint density at radius 1 is 1.11 bits per heavy atom. The van der Waals surface area contributed by atoms with Gasteiger partial charge in [0.25, 0.3) is 10.0 Å². The first-order chi connectivity index (χ1) is 13.3. The van der Waals surface area contributed by atoms with E-state index in [9.17, 15) is 13.2 Å². The molecule has 1 amide bonds. The first kappa shape index (κ1) is 20.7. The van der Waals surface area contributed by atoms with Crippen molar-refractivity contribution in [2.75, 3.05) is 10.8 Å². The number of rotatable bonds is 6. The highest BCUT2D eigenvalue weighted by Gasteiger charge is 2.29. The minimum Gasteiger partial charge on any atom is -0.352 e. The van der Waals surface area contributed by atoms with Crippen LogP contribution < -0.4 is 9.62 Å². The molecule has 28 heavy (non-hydrogen) atoms. The van der Waals surface area contributed by atoms with Crippen LogP contribution in [0.4, 0.5) is 5.69 Å². The number of hydrogen-bond donors (Lipinski definition) is 1. The van der Waals surface area contributed by atoms with Crippen LogP contribution in [0.3, 0.4) is 0 Å². The van der Waals surface area contributed by atoms with E-state index in [0.29, 0.717) is 10.7 Å². The van der Waals surface area contributed by atoms with Gasteiger partial charge in [-0.05, 0) is 56.5 Å². The lowest BCUT2D eigenvalue weighted by Crippen LogP contribution is -2.44. The van der Waals surface area contributed by atoms with E-state index in [1.54, 1.807) is 49.4 Å². The molecule has 1 N–H and O–H groups in total. The molecule has 0 heterocycles. The number of hydrogen-bond acceptors (Lipinski definition) is 3. The fraction of sp³-hybridized carbons (Fsp3) is 0.381. The number of aryl methyl sites for hydroxylation is 2. The molecule has 1 fully saturated rings. The van der Waals surface area contributed by atoms with Crippen LogP contribution in [-0.2, 0) is 14.8 Å². The van der Waals surface area contributed by atoms with Gasteiger partial charge >= 0.3 is 0 Å². The van der Waals surface area contributed by atoms with Gasteiger partial charge < -0.3 is 5.32 Å². The molecule has 0 aliphatic heterocycles. The molecule has 0 aromatic heterocycles. The summed E-state index contributed by atoms with van der Waals surface area (Å²) in [5.74, 6) is -0.304. The molecule has 5 nitrogen and oxygen atoms in total. The average Bonchev–Trinajstić information content (AvgIpc) is 3.15. The van der Waals surface area contributed by atoms with Crippen molar-refractivity contribution in [3.63, 3.8) is 0 Å². The highest BCUT2D eigenvalue weighted by Crippen LogP contribution is 2.29. The Hall–Kier alpha value is -2.05. The Kier molecular flexibility index (Phi) is 6.30. The molecule has 0 bridgehead atoms. The fourth-order valence-electron chi connectivity index (χ4n) is 3.46. The van der Waals surface area contributed by atoms with Crippen molar-refractivity contribution in [2.45, 2.75) is 50.5 Å². The molecule has 1 saturated carbocycles. The van der Waals surface area contributed by atoms with Crippen LogP contribution in [0, 0.1) is 13.8 Å². The van der Waals surface area contributed by atoms with Crippen molar-refractivity contribution in [3.8, 4) is 0 Å². The Morgan fingerprint density at radius 3 is 2.39 bits per heavy atom. The molecule has 7 heteroatoms. The van der Waals surface area contributed by atoms with Gasteiger partial charge in [-0.15, -0.1) is 0 Å². The summed E-state index contributed by atoms with van der Waals surface area (Å²) in [5, 5.41) is 3.39. The normalized spacial score (nSPS) is 14.8. The van der Waals surface area contributed by atoms with Crippen LogP contribution in [0.15, 0.2) is 47.4 Å². The van der Waals surface area contributed by atoms with E-state index < -0.39 is 10.0 Å². The zero-order chi connectivity index (χ0) is 20.3. The minimum atomic E-state index is -3.92. The first-order valence-corrected chi connectivity index (χ1v) is 11.2. The van der Waals surface area contributed by atoms with Gasteiger partial charge in [-0.25, -0.2) is 8.42 Å². The van der Waals surface area contributed by atoms with Crippen LogP contribution in [0.2, 0.25) is 5.02 Å². The van der Waals surface area contributed by atoms with Crippen LogP contribution in [0.5, 0.6) is 0 Å². The zero-order valence-corrected chi connectivity index (χ0v) is 17.7. The van der Waals surface area contributed by atoms with Gasteiger partial charge in [-0.1, -0.05) is 48.2 Å². The second-order valence-electron chi connectivity index (χ2n) is 7.30. The molecule has 0 saturated heterocycles. The van der Waals surface area contributed by atoms with Crippen LogP contribution in [0.25, 0.3) is 0 Å². The van der Waals surface area contributed by atoms with Crippen molar-refractivity contribution in [2.24, 2.45) is 0 Å². The monoisotopic (exact) mass is 420 g/mol. The SMILES string of the molecule is Cc1ccc(S(=O)(=O)N(CC(=O)NC2CCCC2)c2cc(Cl)ccc2C)cc1. The largest absolute Gasteiger partial charge is 0.352 e. The van der Waals surface area contributed by atoms with E-state index in [-0.39, 0.29) is 23.4 Å². The third-order valence-corrected chi connectivity index (χ3v) is 7.07. The molecule has 0 spiro atoms. The van der Waals surface area contributed by atoms with E-state index >= 15 is 0 Å². The van der Waals surface area contributed by atoms with Crippen molar-refractivity contribution in [1.29, 1.82) is 0 Å². The fourth-order valence-corrected chi connectivity index (χ4v) is 5.11. The highest BCUT2D eigenvalue weighted by atomic mass is 35.5. The number of carbonyl (C=O) groups is 1. The number of halogens is 1. The molecular weight excluding hydrogens is 396 g/mol. The van der Waals surface area contributed by atoms with Gasteiger partial charge in [-0.2, -0.15) is 0 Å². The van der Waals surface area contributed by atoms with E-state index in [2.05, 4.69) is 5.32 Å². The molecule has 3 rings (SSSR count). The zero-order valence-electron chi connectivity index (χ0n) is 16.1. The predicted octanol–water partition coefficient (Wildman–Crippen LogP) is 4.21. The third-order valence-electron chi connectivity index (χ3n) is 5.06. The summed E-state index contributed by atoms with van der Waals surface area (Å²) in [7, 11) is -3.92. The molecular formula is C21H25ClN2O3S. The maximum atomic E-state index is 13.4. The van der Waals surface area contributed by atoms with Gasteiger partial charge in [0.05, 0.1) is 10.6 Å². The summed E-state index contributed by atoms with van der Waals surface area (Å²) in [6.45, 7) is 3.41. The summed E-state index contributed by atoms with van der Waals surface area (Å²) >= 11 is 6.13. The summed E-state index contributed by atoms with van der Waals surface area (Å²) in [6, 6.07) is 11.8. The number of carbonyl (C=O) groups excluding carboxylic acids is 1. The summed E-state index contributed by atoms with van der Waals surface area (Å²) in [4.78, 5) is 12.8. The van der Waals surface area contributed by atoms with Gasteiger partial charge in [0.15, 0.2) is 0 Å². The Bertz CT molecular complexity index is 952. The minimum absolute atomic E-state index is 0.122. The van der Waals surface area contributed by atoms with Crippen LogP contribution >= 0.6 is 11.6 Å². The van der Waals surface area contributed by atoms with Gasteiger partial charge in [0.1, 0.15) is 6.54 Å². The number of anilines is 1. The highest BCUT2D eigenvalue weighted by molar-refractivity contribution is 7.92. The van der Waals surface area contributed by atoms with Gasteiger partial charge in [0.2, 0.25) is 5.91 Å². The van der Waals surface area contributed by atoms with E-state index in [4.69, 9.17) is 11.6 Å². The number of benzene rings is 2. The molecule has 1 aliphatic rings. The van der Waals surface area contributed by atoms with Crippen molar-refractivity contribution in [3.05, 3.63) is 58.6 Å². The topological polar surface area (TPSA) is 66.5 Å². The Balaban J connectivity index is 1.97. The molecule has 150 valence electrons. The standard InChI is InChI=1S/C21H25ClN2O3S/c1-15-7-11-19(12-8-15)28(26,27)24(20-13-17(22)10-9-16(20)2)14-21(25)23-18-5-3-4-6-18/h7-13,18H,3-6,14H2,1-2H3,(H,23,25). The van der Waals surface area contributed by atoms with Crippen molar-refractivity contribution >= 4 is 33.2 Å². The molecule has 1 aliphatic carbocycles. The third kappa shape index (κ3) is 4.67. The molecule has 0 radical (unpaired) electrons. The average molecular weight is 421 g/mol. The van der Waals surface area contributed by atoms with Crippen LogP contribution in [0.1, 0.15) is 36.8 Å². The molecule has 2 aromatic rings. The Morgan fingerprint density at radius 2 is 1.75 bits per heavy atom. The maximum absolute atomic E-state index is 13.4. The lowest BCUT2D eigenvalue weighted by Gasteiger charge is -2.26. The Labute approximate surface area is 171 Å². The van der Waals surface area contributed by atoms with E-state index in [0.717, 1.165) is 41.1 Å². The van der Waals surface area contributed by atoms with E-state index in [1.165, 1.54) is 0 Å². The second-order valence-corrected chi connectivity index (χ2v) is 9.60. The molecule has 0 unspecified atom stereocenters. The summed E-state index contributed by atoms with van der Waals surface area (Å²) in [6.07, 6.45) is 4.05. The van der Waals surface area contributed by atoms with Gasteiger partial charge in [0, 0.05) is 11.1 Å². The van der Waals surface area contributed by atoms with E-state index in [1.807, 2.05) is 6.92 Å². The smallest absolute Gasteiger partial charge is 0.264 e. The summed E-state index contributed by atoms with van der Waals surface area (Å²) in [5.41, 5.74) is 2.10. The molecule has 2 aromatic carbocycles. The van der Waals surface area contributed by atoms with Crippen molar-refractivity contribution in [1.82, 2.24) is 5.32 Å². The number of amides is 1. The number of nitrogens with zero attached hydrogens (tertiary/aromatic N) is 1. The van der Waals surface area contributed by atoms with Crippen molar-refractivity contribution < 1.29 is 13.2 Å². The van der Waals surface area contributed by atoms with Crippen LogP contribution in [-0.4, -0.2) is 26.9 Å². The number of sulfonamides is 1. The quantitative estimate of drug-likeness (QED) is 0.761. The predicted molar refractivity (Wildman–Crippen MR) is 112 cm³/mol. The molecule has 0 atom stereocenters. The second kappa shape index (κ2) is 8.53. The maximum Gasteiger partial charge on any atom is 0.264 e. The van der Waals surface area contributed by atoms with Gasteiger partial charge in [-0.3, -0.25) is 9.10 Å². The first-order valence-electron chi connectivity index (χ1n) is 9.42. The summed E-state index contributed by atoms with van der Waals surface area (Å²) < 4.78 is 27.9.